The largest absolute Gasteiger partial charge is 0.351 e. The molecule has 0 radical (unpaired) electrons. The van der Waals surface area contributed by atoms with E-state index in [-0.39, 0.29) is 5.91 Å². The first-order chi connectivity index (χ1) is 10.0. The fraction of sp³-hybridized carbons (Fsp3) is 0.176. The second-order valence-electron chi connectivity index (χ2n) is 5.45. The van der Waals surface area contributed by atoms with Crippen molar-refractivity contribution in [3.8, 4) is 11.1 Å². The molecule has 0 aromatic heterocycles. The molecule has 1 heterocycles. The van der Waals surface area contributed by atoms with Crippen molar-refractivity contribution in [3.63, 3.8) is 0 Å². The van der Waals surface area contributed by atoms with Crippen LogP contribution in [-0.4, -0.2) is 23.8 Å². The highest BCUT2D eigenvalue weighted by Crippen LogP contribution is 2.26. The van der Waals surface area contributed by atoms with Crippen LogP contribution >= 0.6 is 0 Å². The third kappa shape index (κ3) is 2.09. The van der Waals surface area contributed by atoms with Crippen LogP contribution in [0.3, 0.4) is 0 Å². The van der Waals surface area contributed by atoms with E-state index in [1.807, 2.05) is 49.4 Å². The van der Waals surface area contributed by atoms with E-state index < -0.39 is 5.54 Å². The summed E-state index contributed by atoms with van der Waals surface area (Å²) in [6.07, 6.45) is 0. The van der Waals surface area contributed by atoms with Crippen molar-refractivity contribution in [1.82, 2.24) is 4.90 Å². The van der Waals surface area contributed by atoms with Crippen LogP contribution in [0.25, 0.3) is 11.1 Å². The maximum Gasteiger partial charge on any atom is 0.351 e. The van der Waals surface area contributed by atoms with Crippen molar-refractivity contribution in [2.75, 3.05) is 7.05 Å². The summed E-state index contributed by atoms with van der Waals surface area (Å²) in [6.45, 7) is 1.86. The standard InChI is InChI=1S/C17H17N3O/c1-17(15(21)20(2)16(18)19-17)14-10-6-9-13(11-14)12-7-4-3-5-8-12/h3-11H,1-2H3,(H2,18,19)/p+1. The normalized spacial score (nSPS) is 21.5. The van der Waals surface area contributed by atoms with E-state index in [1.165, 1.54) is 4.90 Å². The molecule has 1 unspecified atom stereocenters. The zero-order valence-corrected chi connectivity index (χ0v) is 12.1. The van der Waals surface area contributed by atoms with E-state index in [0.717, 1.165) is 16.7 Å². The van der Waals surface area contributed by atoms with Gasteiger partial charge in [-0.1, -0.05) is 48.5 Å². The number of rotatable bonds is 2. The van der Waals surface area contributed by atoms with Crippen molar-refractivity contribution in [1.29, 1.82) is 0 Å². The Balaban J connectivity index is 2.07. The zero-order valence-electron chi connectivity index (χ0n) is 12.1. The zero-order chi connectivity index (χ0) is 15.0. The molecule has 2 aromatic carbocycles. The molecule has 1 amide bonds. The number of nitrogens with two attached hydrogens (primary N) is 1. The third-order valence-corrected chi connectivity index (χ3v) is 4.02. The van der Waals surface area contributed by atoms with Crippen LogP contribution in [0.5, 0.6) is 0 Å². The topological polar surface area (TPSA) is 60.3 Å². The summed E-state index contributed by atoms with van der Waals surface area (Å²) in [5, 5.41) is 0. The van der Waals surface area contributed by atoms with E-state index in [0.29, 0.717) is 5.96 Å². The number of amides is 1. The highest BCUT2D eigenvalue weighted by atomic mass is 16.2. The molecule has 106 valence electrons. The van der Waals surface area contributed by atoms with Crippen molar-refractivity contribution >= 4 is 11.9 Å². The Hall–Kier alpha value is -2.62. The second-order valence-corrected chi connectivity index (χ2v) is 5.45. The smallest absolute Gasteiger partial charge is 0.290 e. The quantitative estimate of drug-likeness (QED) is 0.838. The Bertz CT molecular complexity index is 724. The van der Waals surface area contributed by atoms with Gasteiger partial charge < -0.3 is 0 Å². The molecule has 0 fully saturated rings. The van der Waals surface area contributed by atoms with E-state index in [9.17, 15) is 4.79 Å². The van der Waals surface area contributed by atoms with Crippen LogP contribution in [0, 0.1) is 0 Å². The molecule has 1 aliphatic rings. The van der Waals surface area contributed by atoms with Crippen molar-refractivity contribution < 1.29 is 9.79 Å². The molecule has 1 aliphatic heterocycles. The lowest BCUT2D eigenvalue weighted by molar-refractivity contribution is -0.533. The van der Waals surface area contributed by atoms with Crippen molar-refractivity contribution in [3.05, 3.63) is 60.2 Å². The highest BCUT2D eigenvalue weighted by Gasteiger charge is 2.48. The van der Waals surface area contributed by atoms with Crippen LogP contribution in [0.4, 0.5) is 0 Å². The molecule has 0 spiro atoms. The first kappa shape index (κ1) is 13.4. The predicted octanol–water partition coefficient (Wildman–Crippen LogP) is 0.436. The van der Waals surface area contributed by atoms with Gasteiger partial charge in [-0.2, -0.15) is 0 Å². The van der Waals surface area contributed by atoms with Crippen molar-refractivity contribution in [2.45, 2.75) is 12.5 Å². The molecule has 4 nitrogen and oxygen atoms in total. The Kier molecular flexibility index (Phi) is 3.01. The van der Waals surface area contributed by atoms with Gasteiger partial charge in [0, 0.05) is 5.56 Å². The van der Waals surface area contributed by atoms with Gasteiger partial charge in [-0.05, 0) is 24.1 Å². The summed E-state index contributed by atoms with van der Waals surface area (Å²) in [4.78, 5) is 17.0. The Morgan fingerprint density at radius 3 is 2.33 bits per heavy atom. The van der Waals surface area contributed by atoms with Gasteiger partial charge in [0.15, 0.2) is 0 Å². The Morgan fingerprint density at radius 1 is 1.05 bits per heavy atom. The number of likely N-dealkylation sites (N-methyl/N-ethyl adjacent to an activating group) is 1. The summed E-state index contributed by atoms with van der Waals surface area (Å²) >= 11 is 0. The van der Waals surface area contributed by atoms with Gasteiger partial charge in [0.25, 0.3) is 0 Å². The lowest BCUT2D eigenvalue weighted by Crippen LogP contribution is -2.84. The minimum Gasteiger partial charge on any atom is -0.290 e. The van der Waals surface area contributed by atoms with E-state index in [2.05, 4.69) is 17.1 Å². The molecule has 2 aromatic rings. The van der Waals surface area contributed by atoms with Gasteiger partial charge in [-0.15, -0.1) is 0 Å². The van der Waals surface area contributed by atoms with Crippen molar-refractivity contribution in [2.24, 2.45) is 5.73 Å². The summed E-state index contributed by atoms with van der Waals surface area (Å²) in [5.41, 5.74) is 8.13. The highest BCUT2D eigenvalue weighted by molar-refractivity contribution is 6.01. The van der Waals surface area contributed by atoms with Crippen LogP contribution in [0.1, 0.15) is 12.5 Å². The van der Waals surface area contributed by atoms with Gasteiger partial charge in [0.2, 0.25) is 5.54 Å². The first-order valence-electron chi connectivity index (χ1n) is 6.87. The summed E-state index contributed by atoms with van der Waals surface area (Å²) in [6, 6.07) is 18.1. The van der Waals surface area contributed by atoms with E-state index in [1.54, 1.807) is 7.05 Å². The van der Waals surface area contributed by atoms with Gasteiger partial charge in [0.05, 0.1) is 7.05 Å². The lowest BCUT2D eigenvalue weighted by Gasteiger charge is -2.18. The maximum absolute atomic E-state index is 12.4. The monoisotopic (exact) mass is 280 g/mol. The number of guanidine groups is 1. The number of nitrogens with one attached hydrogen (secondary N) is 1. The number of hydrogen-bond acceptors (Lipinski definition) is 2. The van der Waals surface area contributed by atoms with Crippen LogP contribution in [0.2, 0.25) is 0 Å². The predicted molar refractivity (Wildman–Crippen MR) is 82.2 cm³/mol. The number of hydrogen-bond donors (Lipinski definition) is 2. The fourth-order valence-electron chi connectivity index (χ4n) is 2.67. The minimum atomic E-state index is -0.816. The van der Waals surface area contributed by atoms with Crippen LogP contribution in [-0.2, 0) is 10.3 Å². The van der Waals surface area contributed by atoms with Gasteiger partial charge in [0.1, 0.15) is 0 Å². The average molecular weight is 280 g/mol. The van der Waals surface area contributed by atoms with Gasteiger partial charge in [-0.25, -0.2) is 4.90 Å². The molecule has 4 heteroatoms. The number of nitrogens with zero attached hydrogens (tertiary/aromatic N) is 1. The molecule has 3 rings (SSSR count). The first-order valence-corrected chi connectivity index (χ1v) is 6.87. The Labute approximate surface area is 123 Å². The summed E-state index contributed by atoms with van der Waals surface area (Å²) in [5.74, 6) is 0.331. The summed E-state index contributed by atoms with van der Waals surface area (Å²) < 4.78 is 0. The molecule has 0 saturated carbocycles. The minimum absolute atomic E-state index is 0.0507. The average Bonchev–Trinajstić information content (AvgIpc) is 2.73. The molecule has 0 saturated heterocycles. The van der Waals surface area contributed by atoms with Crippen LogP contribution in [0.15, 0.2) is 54.6 Å². The number of carbonyl (C=O) groups is 1. The fourth-order valence-corrected chi connectivity index (χ4v) is 2.67. The van der Waals surface area contributed by atoms with Gasteiger partial charge >= 0.3 is 11.9 Å². The van der Waals surface area contributed by atoms with E-state index >= 15 is 0 Å². The number of benzene rings is 2. The SMILES string of the molecule is CN1C(=O)C(C)(c2cccc(-c3ccccc3)c2)[NH+]=C1N. The maximum atomic E-state index is 12.4. The molecule has 1 atom stereocenters. The van der Waals surface area contributed by atoms with Gasteiger partial charge in [-0.3, -0.25) is 15.5 Å². The number of carbonyl (C=O) groups excluding carboxylic acids is 1. The Morgan fingerprint density at radius 2 is 1.71 bits per heavy atom. The molecule has 0 aliphatic carbocycles. The molecular formula is C17H18N3O+. The third-order valence-electron chi connectivity index (χ3n) is 4.02. The van der Waals surface area contributed by atoms with Crippen LogP contribution < -0.4 is 10.7 Å². The molecule has 21 heavy (non-hydrogen) atoms. The molecule has 0 bridgehead atoms. The second kappa shape index (κ2) is 4.74. The molecule has 3 N–H and O–H groups in total. The molecular weight excluding hydrogens is 262 g/mol. The van der Waals surface area contributed by atoms with E-state index in [4.69, 9.17) is 5.73 Å². The summed E-state index contributed by atoms with van der Waals surface area (Å²) in [7, 11) is 1.68. The lowest BCUT2D eigenvalue weighted by atomic mass is 9.90.